The summed E-state index contributed by atoms with van der Waals surface area (Å²) in [4.78, 5) is 26.4. The number of unbranched alkanes of at least 4 members (excludes halogenated alkanes) is 3. The van der Waals surface area contributed by atoms with Crippen molar-refractivity contribution >= 4 is 11.7 Å². The van der Waals surface area contributed by atoms with Crippen LogP contribution in [0.1, 0.15) is 76.8 Å². The molecular formula is C23H33NO3. The van der Waals surface area contributed by atoms with E-state index in [2.05, 4.69) is 13.8 Å². The number of ketones is 1. The van der Waals surface area contributed by atoms with E-state index in [1.807, 2.05) is 35.2 Å². The van der Waals surface area contributed by atoms with Gasteiger partial charge in [0.25, 0.3) is 0 Å². The number of hydrogen-bond acceptors (Lipinski definition) is 3. The number of para-hydroxylation sites is 1. The lowest BCUT2D eigenvalue weighted by Gasteiger charge is -2.31. The number of carbonyl (C=O) groups excluding carboxylic acids is 2. The molecule has 1 fully saturated rings. The van der Waals surface area contributed by atoms with Crippen molar-refractivity contribution in [1.82, 2.24) is 4.90 Å². The highest BCUT2D eigenvalue weighted by atomic mass is 16.5. The standard InChI is InChI=1S/C23H33NO3/c1-4-5-6-7-12-20(25)13-10-11-19-16-17-23(26)24(19)18(2)21-14-8-9-15-22(21)27-3/h8-10,13-15,18-19H,4-7,11-12,16-17H2,1-3H3/b13-10+/t18-,19+/m0/s1. The zero-order chi connectivity index (χ0) is 19.6. The van der Waals surface area contributed by atoms with Crippen LogP contribution in [0.5, 0.6) is 5.75 Å². The van der Waals surface area contributed by atoms with Crippen molar-refractivity contribution < 1.29 is 14.3 Å². The maximum absolute atomic E-state index is 12.5. The summed E-state index contributed by atoms with van der Waals surface area (Å²) in [5.41, 5.74) is 1.02. The molecule has 4 nitrogen and oxygen atoms in total. The predicted molar refractivity (Wildman–Crippen MR) is 109 cm³/mol. The third-order valence-electron chi connectivity index (χ3n) is 5.37. The molecule has 0 aliphatic carbocycles. The van der Waals surface area contributed by atoms with Crippen LogP contribution in [0.4, 0.5) is 0 Å². The molecule has 1 amide bonds. The zero-order valence-electron chi connectivity index (χ0n) is 16.9. The number of likely N-dealkylation sites (tertiary alicyclic amines) is 1. The van der Waals surface area contributed by atoms with Crippen molar-refractivity contribution in [3.63, 3.8) is 0 Å². The average molecular weight is 372 g/mol. The highest BCUT2D eigenvalue weighted by Gasteiger charge is 2.35. The Morgan fingerprint density at radius 1 is 1.30 bits per heavy atom. The molecule has 2 atom stereocenters. The second kappa shape index (κ2) is 10.9. The second-order valence-corrected chi connectivity index (χ2v) is 7.33. The Balaban J connectivity index is 1.95. The van der Waals surface area contributed by atoms with Crippen molar-refractivity contribution in [2.45, 2.75) is 77.3 Å². The van der Waals surface area contributed by atoms with E-state index in [1.54, 1.807) is 13.2 Å². The Bertz CT molecular complexity index is 653. The molecule has 1 saturated heterocycles. The van der Waals surface area contributed by atoms with E-state index in [-0.39, 0.29) is 23.8 Å². The molecule has 0 radical (unpaired) electrons. The number of rotatable bonds is 11. The molecule has 0 bridgehead atoms. The smallest absolute Gasteiger partial charge is 0.223 e. The molecule has 2 rings (SSSR count). The van der Waals surface area contributed by atoms with Crippen LogP contribution < -0.4 is 4.74 Å². The van der Waals surface area contributed by atoms with Gasteiger partial charge in [-0.1, -0.05) is 50.5 Å². The number of allylic oxidation sites excluding steroid dienone is 1. The van der Waals surface area contributed by atoms with Crippen molar-refractivity contribution in [3.8, 4) is 5.75 Å². The monoisotopic (exact) mass is 371 g/mol. The molecule has 148 valence electrons. The molecule has 0 unspecified atom stereocenters. The lowest BCUT2D eigenvalue weighted by Crippen LogP contribution is -2.35. The van der Waals surface area contributed by atoms with Crippen LogP contribution in [0.3, 0.4) is 0 Å². The summed E-state index contributed by atoms with van der Waals surface area (Å²) in [7, 11) is 1.66. The number of ether oxygens (including phenoxy) is 1. The van der Waals surface area contributed by atoms with Crippen LogP contribution in [-0.4, -0.2) is 29.7 Å². The molecule has 0 spiro atoms. The van der Waals surface area contributed by atoms with Crippen LogP contribution in [0.15, 0.2) is 36.4 Å². The largest absolute Gasteiger partial charge is 0.496 e. The first-order valence-corrected chi connectivity index (χ1v) is 10.2. The fourth-order valence-electron chi connectivity index (χ4n) is 3.85. The maximum atomic E-state index is 12.5. The number of hydrogen-bond donors (Lipinski definition) is 0. The van der Waals surface area contributed by atoms with Crippen molar-refractivity contribution in [3.05, 3.63) is 42.0 Å². The lowest BCUT2D eigenvalue weighted by molar-refractivity contribution is -0.131. The summed E-state index contributed by atoms with van der Waals surface area (Å²) < 4.78 is 5.47. The number of amides is 1. The van der Waals surface area contributed by atoms with Crippen LogP contribution >= 0.6 is 0 Å². The molecule has 1 heterocycles. The SMILES string of the molecule is CCCCCCC(=O)/C=C/C[C@@H]1CCC(=O)N1[C@@H](C)c1ccccc1OC. The van der Waals surface area contributed by atoms with Gasteiger partial charge in [0, 0.05) is 24.4 Å². The minimum atomic E-state index is -0.0423. The van der Waals surface area contributed by atoms with E-state index in [4.69, 9.17) is 4.74 Å². The number of nitrogens with zero attached hydrogens (tertiary/aromatic N) is 1. The molecule has 27 heavy (non-hydrogen) atoms. The fourth-order valence-corrected chi connectivity index (χ4v) is 3.85. The minimum absolute atomic E-state index is 0.0423. The van der Waals surface area contributed by atoms with Gasteiger partial charge in [-0.25, -0.2) is 0 Å². The Hall–Kier alpha value is -2.10. The van der Waals surface area contributed by atoms with Gasteiger partial charge >= 0.3 is 0 Å². The fraction of sp³-hybridized carbons (Fsp3) is 0.565. The topological polar surface area (TPSA) is 46.6 Å². The Morgan fingerprint density at radius 2 is 2.07 bits per heavy atom. The van der Waals surface area contributed by atoms with E-state index in [0.717, 1.165) is 37.0 Å². The molecule has 0 aromatic heterocycles. The van der Waals surface area contributed by atoms with Crippen LogP contribution in [-0.2, 0) is 9.59 Å². The van der Waals surface area contributed by atoms with Crippen molar-refractivity contribution in [1.29, 1.82) is 0 Å². The van der Waals surface area contributed by atoms with Crippen molar-refractivity contribution in [2.75, 3.05) is 7.11 Å². The predicted octanol–water partition coefficient (Wildman–Crippen LogP) is 5.23. The zero-order valence-corrected chi connectivity index (χ0v) is 16.9. The van der Waals surface area contributed by atoms with Crippen molar-refractivity contribution in [2.24, 2.45) is 0 Å². The lowest BCUT2D eigenvalue weighted by atomic mass is 10.0. The molecule has 1 aromatic carbocycles. The van der Waals surface area contributed by atoms with Crippen LogP contribution in [0.2, 0.25) is 0 Å². The summed E-state index contributed by atoms with van der Waals surface area (Å²) >= 11 is 0. The van der Waals surface area contributed by atoms with Crippen LogP contribution in [0, 0.1) is 0 Å². The number of benzene rings is 1. The molecule has 1 aromatic rings. The highest BCUT2D eigenvalue weighted by molar-refractivity contribution is 5.89. The van der Waals surface area contributed by atoms with Gasteiger partial charge in [0.2, 0.25) is 5.91 Å². The van der Waals surface area contributed by atoms with Gasteiger partial charge in [-0.2, -0.15) is 0 Å². The molecule has 0 N–H and O–H groups in total. The average Bonchev–Trinajstić information content (AvgIpc) is 3.05. The number of methoxy groups -OCH3 is 1. The van der Waals surface area contributed by atoms with Gasteiger partial charge < -0.3 is 9.64 Å². The second-order valence-electron chi connectivity index (χ2n) is 7.33. The molecule has 1 aliphatic heterocycles. The van der Waals surface area contributed by atoms with Gasteiger partial charge in [-0.15, -0.1) is 0 Å². The third kappa shape index (κ3) is 5.95. The summed E-state index contributed by atoms with van der Waals surface area (Å²) in [6.07, 6.45) is 10.9. The summed E-state index contributed by atoms with van der Waals surface area (Å²) in [5.74, 6) is 1.18. The van der Waals surface area contributed by atoms with E-state index in [0.29, 0.717) is 12.8 Å². The van der Waals surface area contributed by atoms with Gasteiger partial charge in [-0.3, -0.25) is 9.59 Å². The Labute approximate surface area is 163 Å². The molecular weight excluding hydrogens is 338 g/mol. The Kier molecular flexibility index (Phi) is 8.56. The number of carbonyl (C=O) groups is 2. The van der Waals surface area contributed by atoms with Gasteiger partial charge in [0.05, 0.1) is 13.2 Å². The third-order valence-corrected chi connectivity index (χ3v) is 5.37. The van der Waals surface area contributed by atoms with Gasteiger partial charge in [0.15, 0.2) is 5.78 Å². The van der Waals surface area contributed by atoms with E-state index in [1.165, 1.54) is 12.8 Å². The first kappa shape index (κ1) is 21.2. The van der Waals surface area contributed by atoms with Gasteiger partial charge in [-0.05, 0) is 38.3 Å². The maximum Gasteiger partial charge on any atom is 0.223 e. The highest BCUT2D eigenvalue weighted by Crippen LogP contribution is 2.35. The summed E-state index contributed by atoms with van der Waals surface area (Å²) in [6.45, 7) is 4.22. The molecule has 0 saturated carbocycles. The molecule has 4 heteroatoms. The summed E-state index contributed by atoms with van der Waals surface area (Å²) in [6, 6.07) is 7.95. The van der Waals surface area contributed by atoms with Gasteiger partial charge in [0.1, 0.15) is 5.75 Å². The Morgan fingerprint density at radius 3 is 2.81 bits per heavy atom. The summed E-state index contributed by atoms with van der Waals surface area (Å²) in [5, 5.41) is 0. The first-order chi connectivity index (χ1) is 13.1. The normalized spacial score (nSPS) is 18.3. The minimum Gasteiger partial charge on any atom is -0.496 e. The quantitative estimate of drug-likeness (QED) is 0.395. The van der Waals surface area contributed by atoms with E-state index in [9.17, 15) is 9.59 Å². The van der Waals surface area contributed by atoms with E-state index < -0.39 is 0 Å². The molecule has 1 aliphatic rings. The van der Waals surface area contributed by atoms with Crippen LogP contribution in [0.25, 0.3) is 0 Å². The first-order valence-electron chi connectivity index (χ1n) is 10.2. The van der Waals surface area contributed by atoms with E-state index >= 15 is 0 Å².